The number of aromatic nitrogens is 2. The molecule has 0 spiro atoms. The fourth-order valence-electron chi connectivity index (χ4n) is 5.08. The molecule has 0 atom stereocenters. The highest BCUT2D eigenvalue weighted by atomic mass is 32.2. The van der Waals surface area contributed by atoms with Crippen LogP contribution in [0.2, 0.25) is 0 Å². The maximum absolute atomic E-state index is 12.2. The van der Waals surface area contributed by atoms with Crippen LogP contribution in [0.4, 0.5) is 28.4 Å². The molecule has 3 aromatic rings. The van der Waals surface area contributed by atoms with Crippen LogP contribution < -0.4 is 47.1 Å². The molecule has 0 fully saturated rings. The first-order valence-corrected chi connectivity index (χ1v) is 17.6. The summed E-state index contributed by atoms with van der Waals surface area (Å²) in [4.78, 5) is 36.8. The van der Waals surface area contributed by atoms with Crippen molar-refractivity contribution in [3.8, 4) is 11.5 Å². The number of hydrogen-bond donors (Lipinski definition) is 5. The number of rotatable bonds is 24. The number of benzene rings is 2. The lowest BCUT2D eigenvalue weighted by Crippen LogP contribution is -2.34. The predicted octanol–water partition coefficient (Wildman–Crippen LogP) is 3.32. The van der Waals surface area contributed by atoms with Crippen LogP contribution in [0.15, 0.2) is 70.9 Å². The van der Waals surface area contributed by atoms with Gasteiger partial charge < -0.3 is 47.1 Å². The third kappa shape index (κ3) is 11.9. The average molecular weight is 720 g/mol. The number of ether oxygens (including phenoxy) is 2. The molecule has 1 heterocycles. The van der Waals surface area contributed by atoms with Gasteiger partial charge in [-0.1, -0.05) is 18.2 Å². The fraction of sp³-hybridized carbons (Fsp3) is 0.343. The van der Waals surface area contributed by atoms with Crippen LogP contribution in [0, 0.1) is 0 Å². The molecule has 274 valence electrons. The SMILES string of the molecule is C=Nc1cc(C(N)=O)cc(OC/C=C/Cn2cc(N)cn2)c1N(C/C=C/CN(CNC)c1c(N=C)cc(C(N)=O)cc1OCCCSC)CNC. The van der Waals surface area contributed by atoms with Gasteiger partial charge in [0, 0.05) is 30.4 Å². The summed E-state index contributed by atoms with van der Waals surface area (Å²) in [6.45, 7) is 10.4. The molecule has 15 nitrogen and oxygen atoms in total. The Hall–Kier alpha value is -5.32. The number of allylic oxidation sites excluding steroid dienone is 1. The van der Waals surface area contributed by atoms with E-state index >= 15 is 0 Å². The van der Waals surface area contributed by atoms with Gasteiger partial charge in [0.05, 0.1) is 49.7 Å². The second-order valence-electron chi connectivity index (χ2n) is 11.1. The zero-order chi connectivity index (χ0) is 37.2. The molecular formula is C35H49N11O4S. The Balaban J connectivity index is 1.89. The molecule has 2 aromatic carbocycles. The minimum absolute atomic E-state index is 0.209. The van der Waals surface area contributed by atoms with Crippen molar-refractivity contribution in [1.29, 1.82) is 0 Å². The molecule has 0 saturated carbocycles. The molecule has 0 aliphatic rings. The topological polar surface area (TPSA) is 204 Å². The fourth-order valence-corrected chi connectivity index (χ4v) is 5.48. The maximum Gasteiger partial charge on any atom is 0.248 e. The Morgan fingerprint density at radius 3 is 1.90 bits per heavy atom. The Morgan fingerprint density at radius 1 is 0.902 bits per heavy atom. The van der Waals surface area contributed by atoms with Gasteiger partial charge in [0.2, 0.25) is 11.8 Å². The Kier molecular flexibility index (Phi) is 16.5. The van der Waals surface area contributed by atoms with Gasteiger partial charge in [-0.05, 0) is 76.3 Å². The Morgan fingerprint density at radius 2 is 1.45 bits per heavy atom. The number of nitrogens with zero attached hydrogens (tertiary/aromatic N) is 6. The van der Waals surface area contributed by atoms with E-state index in [2.05, 4.69) is 39.2 Å². The number of hydrogen-bond acceptors (Lipinski definition) is 13. The van der Waals surface area contributed by atoms with Crippen molar-refractivity contribution in [2.24, 2.45) is 21.5 Å². The first-order valence-electron chi connectivity index (χ1n) is 16.2. The minimum Gasteiger partial charge on any atom is -0.491 e. The summed E-state index contributed by atoms with van der Waals surface area (Å²) in [5, 5.41) is 10.6. The van der Waals surface area contributed by atoms with Crippen molar-refractivity contribution in [3.05, 3.63) is 72.1 Å². The third-order valence-electron chi connectivity index (χ3n) is 7.37. The molecule has 0 unspecified atom stereocenters. The van der Waals surface area contributed by atoms with E-state index < -0.39 is 11.8 Å². The van der Waals surface area contributed by atoms with Crippen LogP contribution in [0.5, 0.6) is 11.5 Å². The number of carbonyl (C=O) groups excluding carboxylic acids is 2. The second-order valence-corrected chi connectivity index (χ2v) is 12.1. The van der Waals surface area contributed by atoms with Crippen LogP contribution in [0.3, 0.4) is 0 Å². The molecule has 1 aromatic heterocycles. The number of amides is 2. The first-order chi connectivity index (χ1) is 24.7. The quantitative estimate of drug-likeness (QED) is 0.0393. The Labute approximate surface area is 303 Å². The summed E-state index contributed by atoms with van der Waals surface area (Å²) < 4.78 is 14.1. The van der Waals surface area contributed by atoms with Crippen molar-refractivity contribution in [3.63, 3.8) is 0 Å². The van der Waals surface area contributed by atoms with Crippen LogP contribution in [0.25, 0.3) is 0 Å². The Bertz CT molecular complexity index is 1690. The number of nitrogens with two attached hydrogens (primary N) is 3. The molecule has 2 amide bonds. The average Bonchev–Trinajstić information content (AvgIpc) is 3.54. The first kappa shape index (κ1) is 40.1. The van der Waals surface area contributed by atoms with Crippen molar-refractivity contribution >= 4 is 65.4 Å². The van der Waals surface area contributed by atoms with Crippen LogP contribution in [0.1, 0.15) is 27.1 Å². The lowest BCUT2D eigenvalue weighted by Gasteiger charge is -2.28. The zero-order valence-corrected chi connectivity index (χ0v) is 30.3. The van der Waals surface area contributed by atoms with E-state index in [1.807, 2.05) is 54.5 Å². The van der Waals surface area contributed by atoms with E-state index in [1.165, 1.54) is 0 Å². The highest BCUT2D eigenvalue weighted by Gasteiger charge is 2.21. The maximum atomic E-state index is 12.2. The molecule has 0 aliphatic heterocycles. The van der Waals surface area contributed by atoms with Crippen molar-refractivity contribution < 1.29 is 19.1 Å². The van der Waals surface area contributed by atoms with Crippen LogP contribution >= 0.6 is 11.8 Å². The van der Waals surface area contributed by atoms with Crippen molar-refractivity contribution in [1.82, 2.24) is 20.4 Å². The largest absolute Gasteiger partial charge is 0.491 e. The lowest BCUT2D eigenvalue weighted by molar-refractivity contribution is 0.0991. The molecule has 0 aliphatic carbocycles. The van der Waals surface area contributed by atoms with Gasteiger partial charge in [0.15, 0.2) is 0 Å². The van der Waals surface area contributed by atoms with Crippen molar-refractivity contribution in [2.75, 3.05) is 81.3 Å². The number of aliphatic imine (C=N–C) groups is 2. The highest BCUT2D eigenvalue weighted by Crippen LogP contribution is 2.41. The van der Waals surface area contributed by atoms with E-state index in [9.17, 15) is 9.59 Å². The number of nitrogens with one attached hydrogen (secondary N) is 2. The summed E-state index contributed by atoms with van der Waals surface area (Å²) in [7, 11) is 3.67. The minimum atomic E-state index is -0.613. The van der Waals surface area contributed by atoms with Gasteiger partial charge in [0.1, 0.15) is 29.5 Å². The summed E-state index contributed by atoms with van der Waals surface area (Å²) in [5.74, 6) is 0.653. The lowest BCUT2D eigenvalue weighted by atomic mass is 10.1. The number of primary amides is 2. The number of nitrogen functional groups attached to an aromatic ring is 1. The van der Waals surface area contributed by atoms with E-state index in [1.54, 1.807) is 53.1 Å². The number of anilines is 3. The molecular weight excluding hydrogens is 671 g/mol. The second kappa shape index (κ2) is 21.0. The highest BCUT2D eigenvalue weighted by molar-refractivity contribution is 7.98. The molecule has 51 heavy (non-hydrogen) atoms. The van der Waals surface area contributed by atoms with E-state index in [0.29, 0.717) is 79.5 Å². The van der Waals surface area contributed by atoms with Gasteiger partial charge in [-0.15, -0.1) is 0 Å². The van der Waals surface area contributed by atoms with Gasteiger partial charge in [0.25, 0.3) is 0 Å². The van der Waals surface area contributed by atoms with Crippen LogP contribution in [-0.2, 0) is 6.54 Å². The summed E-state index contributed by atoms with van der Waals surface area (Å²) >= 11 is 1.73. The summed E-state index contributed by atoms with van der Waals surface area (Å²) in [5.41, 5.74) is 20.4. The van der Waals surface area contributed by atoms with E-state index in [-0.39, 0.29) is 17.7 Å². The zero-order valence-electron chi connectivity index (χ0n) is 29.5. The van der Waals surface area contributed by atoms with E-state index in [4.69, 9.17) is 26.7 Å². The molecule has 0 saturated heterocycles. The standard InChI is InChI=1S/C35H49N11O4S/c1-39-23-44(32-28(41-3)17-25(34(37)47)19-30(32)49-14-9-8-13-46-22-27(36)21-43-46)11-6-7-12-45(24-40-2)33-29(42-4)18-26(35(38)48)20-31(33)50-15-10-16-51-5/h6-9,17-22,39-40H,3-4,10-16,23-24,36H2,1-2,5H3,(H2,37,47)(H2,38,48)/b7-6+,9-8+. The predicted molar refractivity (Wildman–Crippen MR) is 210 cm³/mol. The summed E-state index contributed by atoms with van der Waals surface area (Å²) in [6, 6.07) is 6.46. The normalized spacial score (nSPS) is 11.2. The van der Waals surface area contributed by atoms with E-state index in [0.717, 1.165) is 12.2 Å². The van der Waals surface area contributed by atoms with Gasteiger partial charge >= 0.3 is 0 Å². The van der Waals surface area contributed by atoms with Crippen LogP contribution in [-0.4, -0.2) is 101 Å². The monoisotopic (exact) mass is 719 g/mol. The molecule has 0 bridgehead atoms. The van der Waals surface area contributed by atoms with Gasteiger partial charge in [-0.2, -0.15) is 16.9 Å². The third-order valence-corrected chi connectivity index (χ3v) is 8.06. The summed E-state index contributed by atoms with van der Waals surface area (Å²) in [6.07, 6.45) is 13.9. The molecule has 8 N–H and O–H groups in total. The van der Waals surface area contributed by atoms with Gasteiger partial charge in [-0.25, -0.2) is 0 Å². The number of carbonyl (C=O) groups is 2. The smallest absolute Gasteiger partial charge is 0.248 e. The van der Waals surface area contributed by atoms with Gasteiger partial charge in [-0.3, -0.25) is 24.3 Å². The van der Waals surface area contributed by atoms with Crippen molar-refractivity contribution in [2.45, 2.75) is 13.0 Å². The molecule has 3 rings (SSSR count). The molecule has 16 heteroatoms. The molecule has 0 radical (unpaired) electrons. The number of thioether (sulfide) groups is 1.